The van der Waals surface area contributed by atoms with Gasteiger partial charge < -0.3 is 30.3 Å². The monoisotopic (exact) mass is 394 g/mol. The van der Waals surface area contributed by atoms with Crippen molar-refractivity contribution in [3.8, 4) is 5.75 Å². The van der Waals surface area contributed by atoms with Gasteiger partial charge in [-0.2, -0.15) is 5.10 Å². The van der Waals surface area contributed by atoms with Crippen LogP contribution in [0.25, 0.3) is 6.08 Å². The first-order chi connectivity index (χ1) is 13.3. The number of rotatable bonds is 8. The number of carbonyl (C=O) groups excluding carboxylic acids is 1. The van der Waals surface area contributed by atoms with Crippen LogP contribution in [0, 0.1) is 0 Å². The molecule has 4 atom stereocenters. The number of nitrogens with zero attached hydrogens (tertiary/aromatic N) is 2. The van der Waals surface area contributed by atoms with Gasteiger partial charge in [-0.05, 0) is 23.8 Å². The second-order valence-corrected chi connectivity index (χ2v) is 5.83. The van der Waals surface area contributed by atoms with Gasteiger partial charge >= 0.3 is 0 Å². The summed E-state index contributed by atoms with van der Waals surface area (Å²) in [5, 5.41) is 52.9. The molecule has 0 radical (unpaired) electrons. The molecule has 0 fully saturated rings. The van der Waals surface area contributed by atoms with E-state index in [9.17, 15) is 25.2 Å². The molecule has 1 aromatic rings. The molecule has 7 N–H and O–H groups in total. The molecular formula is C17H22N4O7. The van der Waals surface area contributed by atoms with Crippen molar-refractivity contribution in [2.45, 2.75) is 24.4 Å². The summed E-state index contributed by atoms with van der Waals surface area (Å²) in [7, 11) is 1.55. The molecule has 28 heavy (non-hydrogen) atoms. The number of nitrogens with one attached hydrogen (secondary N) is 2. The van der Waals surface area contributed by atoms with Gasteiger partial charge in [0, 0.05) is 0 Å². The Morgan fingerprint density at radius 1 is 1.21 bits per heavy atom. The van der Waals surface area contributed by atoms with E-state index < -0.39 is 36.9 Å². The molecule has 0 saturated carbocycles. The summed E-state index contributed by atoms with van der Waals surface area (Å²) >= 11 is 0. The molecule has 4 unspecified atom stereocenters. The molecule has 11 heteroatoms. The Morgan fingerprint density at radius 2 is 1.89 bits per heavy atom. The van der Waals surface area contributed by atoms with E-state index >= 15 is 0 Å². The van der Waals surface area contributed by atoms with Gasteiger partial charge in [-0.25, -0.2) is 10.4 Å². The number of benzene rings is 1. The summed E-state index contributed by atoms with van der Waals surface area (Å²) in [6.07, 6.45) is -4.41. The van der Waals surface area contributed by atoms with Crippen LogP contribution in [-0.4, -0.2) is 81.7 Å². The molecule has 0 bridgehead atoms. The van der Waals surface area contributed by atoms with Crippen LogP contribution in [-0.2, 0) is 4.79 Å². The summed E-state index contributed by atoms with van der Waals surface area (Å²) in [5.41, 5.74) is 3.24. The number of ether oxygens (including phenoxy) is 1. The number of aliphatic hydroxyl groups excluding tert-OH is 5. The smallest absolute Gasteiger partial charge is 0.276 e. The van der Waals surface area contributed by atoms with Crippen LogP contribution in [0.2, 0.25) is 0 Å². The zero-order valence-corrected chi connectivity index (χ0v) is 14.9. The quantitative estimate of drug-likeness (QED) is 0.144. The van der Waals surface area contributed by atoms with Gasteiger partial charge in [0.25, 0.3) is 5.91 Å². The van der Waals surface area contributed by atoms with Gasteiger partial charge in [-0.15, -0.1) is 0 Å². The SMILES string of the molecule is COc1ccc(/C=C2/N=C(NN=CC(O)C(O)C(O)C(O)CO)NC2=O)cc1. The number of amides is 1. The number of guanidine groups is 1. The lowest BCUT2D eigenvalue weighted by molar-refractivity contribution is -0.115. The molecule has 2 rings (SSSR count). The van der Waals surface area contributed by atoms with E-state index in [1.54, 1.807) is 37.5 Å². The molecule has 0 aliphatic carbocycles. The average molecular weight is 394 g/mol. The summed E-state index contributed by atoms with van der Waals surface area (Å²) in [5.74, 6) is 0.213. The lowest BCUT2D eigenvalue weighted by Gasteiger charge is -2.23. The normalized spacial score (nSPS) is 19.9. The van der Waals surface area contributed by atoms with Gasteiger partial charge in [-0.1, -0.05) is 12.1 Å². The minimum absolute atomic E-state index is 0.00126. The Kier molecular flexibility index (Phi) is 7.61. The fourth-order valence-electron chi connectivity index (χ4n) is 2.18. The van der Waals surface area contributed by atoms with Crippen molar-refractivity contribution < 1.29 is 35.1 Å². The third-order valence-electron chi connectivity index (χ3n) is 3.79. The lowest BCUT2D eigenvalue weighted by Crippen LogP contribution is -2.46. The first kappa shape index (κ1) is 21.5. The predicted molar refractivity (Wildman–Crippen MR) is 99.3 cm³/mol. The van der Waals surface area contributed by atoms with Gasteiger partial charge in [0.1, 0.15) is 35.9 Å². The van der Waals surface area contributed by atoms with E-state index in [4.69, 9.17) is 9.84 Å². The van der Waals surface area contributed by atoms with Crippen molar-refractivity contribution in [2.75, 3.05) is 13.7 Å². The van der Waals surface area contributed by atoms with E-state index in [0.29, 0.717) is 5.75 Å². The van der Waals surface area contributed by atoms with Crippen LogP contribution in [0.4, 0.5) is 0 Å². The number of aliphatic hydroxyl groups is 5. The zero-order chi connectivity index (χ0) is 20.7. The third-order valence-corrected chi connectivity index (χ3v) is 3.79. The van der Waals surface area contributed by atoms with Gasteiger partial charge in [-0.3, -0.25) is 10.1 Å². The molecule has 1 aliphatic rings. The molecule has 11 nitrogen and oxygen atoms in total. The van der Waals surface area contributed by atoms with Gasteiger partial charge in [0.05, 0.1) is 19.9 Å². The van der Waals surface area contributed by atoms with Crippen molar-refractivity contribution in [1.82, 2.24) is 10.7 Å². The van der Waals surface area contributed by atoms with Gasteiger partial charge in [0.15, 0.2) is 0 Å². The van der Waals surface area contributed by atoms with E-state index in [1.165, 1.54) is 0 Å². The highest BCUT2D eigenvalue weighted by atomic mass is 16.5. The average Bonchev–Trinajstić information content (AvgIpc) is 3.05. The number of methoxy groups -OCH3 is 1. The predicted octanol–water partition coefficient (Wildman–Crippen LogP) is -2.47. The Bertz CT molecular complexity index is 763. The number of carbonyl (C=O) groups is 1. The van der Waals surface area contributed by atoms with E-state index in [-0.39, 0.29) is 11.7 Å². The maximum atomic E-state index is 11.9. The van der Waals surface area contributed by atoms with E-state index in [2.05, 4.69) is 20.8 Å². The number of aliphatic imine (C=N–C) groups is 1. The van der Waals surface area contributed by atoms with E-state index in [0.717, 1.165) is 11.8 Å². The van der Waals surface area contributed by atoms with Gasteiger partial charge in [0.2, 0.25) is 5.96 Å². The maximum absolute atomic E-state index is 11.9. The fraction of sp³-hybridized carbons (Fsp3) is 0.353. The van der Waals surface area contributed by atoms with Crippen molar-refractivity contribution >= 4 is 24.2 Å². The molecule has 152 valence electrons. The topological polar surface area (TPSA) is 176 Å². The van der Waals surface area contributed by atoms with Crippen LogP contribution < -0.4 is 15.5 Å². The molecular weight excluding hydrogens is 372 g/mol. The molecule has 1 aromatic carbocycles. The summed E-state index contributed by atoms with van der Waals surface area (Å²) in [4.78, 5) is 15.9. The van der Waals surface area contributed by atoms with Crippen molar-refractivity contribution in [2.24, 2.45) is 10.1 Å². The highest BCUT2D eigenvalue weighted by molar-refractivity contribution is 6.13. The van der Waals surface area contributed by atoms with Crippen molar-refractivity contribution in [3.63, 3.8) is 0 Å². The van der Waals surface area contributed by atoms with Crippen molar-refractivity contribution in [3.05, 3.63) is 35.5 Å². The maximum Gasteiger partial charge on any atom is 0.276 e. The molecule has 1 aliphatic heterocycles. The standard InChI is InChI=1S/C17H22N4O7/c1-28-10-4-2-9(3-5-10)6-11-16(27)20-17(19-11)21-18-7-12(23)14(25)15(26)13(24)8-22/h2-7,12-15,22-26H,8H2,1H3,(H2,19,20,21,27)/b11-6+,18-7?. The third kappa shape index (κ3) is 5.58. The summed E-state index contributed by atoms with van der Waals surface area (Å²) in [6, 6.07) is 6.98. The van der Waals surface area contributed by atoms with Crippen LogP contribution in [0.15, 0.2) is 40.1 Å². The molecule has 1 heterocycles. The first-order valence-corrected chi connectivity index (χ1v) is 8.23. The Balaban J connectivity index is 1.97. The van der Waals surface area contributed by atoms with Crippen LogP contribution >= 0.6 is 0 Å². The Labute approximate surface area is 160 Å². The Hall–Kier alpha value is -2.83. The van der Waals surface area contributed by atoms with Crippen LogP contribution in [0.3, 0.4) is 0 Å². The number of hydrogen-bond acceptors (Lipinski definition) is 10. The number of hydrazone groups is 1. The second-order valence-electron chi connectivity index (χ2n) is 5.83. The molecule has 0 aromatic heterocycles. The van der Waals surface area contributed by atoms with Crippen LogP contribution in [0.5, 0.6) is 5.75 Å². The number of hydrogen-bond donors (Lipinski definition) is 7. The second kappa shape index (κ2) is 9.92. The Morgan fingerprint density at radius 3 is 2.50 bits per heavy atom. The first-order valence-electron chi connectivity index (χ1n) is 8.23. The lowest BCUT2D eigenvalue weighted by atomic mass is 10.0. The zero-order valence-electron chi connectivity index (χ0n) is 14.9. The van der Waals surface area contributed by atoms with Crippen LogP contribution in [0.1, 0.15) is 5.56 Å². The fourth-order valence-corrected chi connectivity index (χ4v) is 2.18. The van der Waals surface area contributed by atoms with E-state index in [1.807, 2.05) is 0 Å². The molecule has 0 saturated heterocycles. The highest BCUT2D eigenvalue weighted by Crippen LogP contribution is 2.15. The largest absolute Gasteiger partial charge is 0.497 e. The van der Waals surface area contributed by atoms with Crippen molar-refractivity contribution in [1.29, 1.82) is 0 Å². The minimum atomic E-state index is -1.78. The minimum Gasteiger partial charge on any atom is -0.497 e. The highest BCUT2D eigenvalue weighted by Gasteiger charge is 2.29. The summed E-state index contributed by atoms with van der Waals surface area (Å²) in [6.45, 7) is -0.785. The molecule has 1 amide bonds. The summed E-state index contributed by atoms with van der Waals surface area (Å²) < 4.78 is 5.06. The molecule has 0 spiro atoms.